The number of rotatable bonds is 9. The maximum Gasteiger partial charge on any atom is 0.372 e. The maximum atomic E-state index is 12.5. The predicted octanol–water partition coefficient (Wildman–Crippen LogP) is 3.15. The number of amides is 1. The molecule has 0 spiro atoms. The summed E-state index contributed by atoms with van der Waals surface area (Å²) in [6, 6.07) is -0.0359. The molecule has 1 aliphatic heterocycles. The topological polar surface area (TPSA) is 189 Å². The van der Waals surface area contributed by atoms with Crippen LogP contribution in [-0.2, 0) is 24.1 Å². The number of halogens is 2. The third-order valence-corrected chi connectivity index (χ3v) is 6.94. The molecule has 218 valence electrons. The van der Waals surface area contributed by atoms with Crippen LogP contribution in [0.1, 0.15) is 70.3 Å². The number of aryl methyl sites for hydroxylation is 1. The van der Waals surface area contributed by atoms with Gasteiger partial charge >= 0.3 is 11.9 Å². The first-order valence-electron chi connectivity index (χ1n) is 12.5. The molecule has 0 aliphatic carbocycles. The molecule has 3 aromatic heterocycles. The molecular weight excluding hydrogens is 569 g/mol. The van der Waals surface area contributed by atoms with Gasteiger partial charge < -0.3 is 39.1 Å². The molecule has 16 heteroatoms. The Labute approximate surface area is 239 Å². The third-order valence-electron chi connectivity index (χ3n) is 6.32. The molecule has 4 rings (SSSR count). The van der Waals surface area contributed by atoms with E-state index in [1.54, 1.807) is 16.6 Å². The van der Waals surface area contributed by atoms with E-state index in [0.29, 0.717) is 54.9 Å². The highest BCUT2D eigenvalue weighted by Crippen LogP contribution is 2.22. The molecular formula is C24H31Cl2N7O7. The largest absolute Gasteiger partial charge is 0.476 e. The fraction of sp³-hybridized carbons (Fsp3) is 0.500. The normalized spacial score (nSPS) is 16.8. The molecule has 1 saturated heterocycles. The Morgan fingerprint density at radius 3 is 2.38 bits per heavy atom. The van der Waals surface area contributed by atoms with E-state index in [2.05, 4.69) is 25.3 Å². The fourth-order valence-corrected chi connectivity index (χ4v) is 4.85. The lowest BCUT2D eigenvalue weighted by Gasteiger charge is -2.37. The molecule has 1 amide bonds. The zero-order valence-electron chi connectivity index (χ0n) is 22.4. The van der Waals surface area contributed by atoms with Crippen LogP contribution in [0.2, 0.25) is 10.3 Å². The minimum atomic E-state index is -1.15. The van der Waals surface area contributed by atoms with Gasteiger partial charge in [-0.1, -0.05) is 37.0 Å². The molecule has 2 unspecified atom stereocenters. The van der Waals surface area contributed by atoms with E-state index in [9.17, 15) is 14.4 Å². The summed E-state index contributed by atoms with van der Waals surface area (Å²) in [5.74, 6) is -2.37. The first-order valence-corrected chi connectivity index (χ1v) is 13.3. The minimum Gasteiger partial charge on any atom is -0.476 e. The Bertz CT molecular complexity index is 1350. The number of ether oxygens (including phenoxy) is 1. The molecule has 40 heavy (non-hydrogen) atoms. The molecule has 4 N–H and O–H groups in total. The lowest BCUT2D eigenvalue weighted by Crippen LogP contribution is -2.55. The second-order valence-electron chi connectivity index (χ2n) is 8.69. The van der Waals surface area contributed by atoms with Gasteiger partial charge in [0.15, 0.2) is 21.8 Å². The van der Waals surface area contributed by atoms with Crippen molar-refractivity contribution in [1.82, 2.24) is 29.8 Å². The highest BCUT2D eigenvalue weighted by molar-refractivity contribution is 6.30. The molecule has 4 heterocycles. The first kappa shape index (κ1) is 30.9. The van der Waals surface area contributed by atoms with Crippen LogP contribution in [0, 0.1) is 0 Å². The number of H-pyrrole nitrogens is 1. The summed E-state index contributed by atoms with van der Waals surface area (Å²) in [7, 11) is 1.55. The van der Waals surface area contributed by atoms with Crippen molar-refractivity contribution >= 4 is 47.1 Å². The van der Waals surface area contributed by atoms with Crippen LogP contribution in [0.3, 0.4) is 0 Å². The Morgan fingerprint density at radius 1 is 1.12 bits per heavy atom. The van der Waals surface area contributed by atoms with Crippen molar-refractivity contribution in [1.29, 1.82) is 0 Å². The Balaban J connectivity index is 0.000000285. The van der Waals surface area contributed by atoms with E-state index < -0.39 is 11.9 Å². The number of carboxylic acids is 2. The molecule has 1 aliphatic rings. The van der Waals surface area contributed by atoms with Crippen molar-refractivity contribution in [2.75, 3.05) is 25.1 Å². The zero-order valence-corrected chi connectivity index (χ0v) is 23.9. The van der Waals surface area contributed by atoms with E-state index in [1.807, 2.05) is 20.8 Å². The van der Waals surface area contributed by atoms with Crippen LogP contribution in [0.5, 0.6) is 0 Å². The van der Waals surface area contributed by atoms with Gasteiger partial charge in [0.2, 0.25) is 5.82 Å². The van der Waals surface area contributed by atoms with Gasteiger partial charge in [-0.25, -0.2) is 19.6 Å². The second kappa shape index (κ2) is 13.6. The van der Waals surface area contributed by atoms with Gasteiger partial charge in [0.25, 0.3) is 11.9 Å². The molecule has 0 radical (unpaired) electrons. The lowest BCUT2D eigenvalue weighted by molar-refractivity contribution is 0.0529. The van der Waals surface area contributed by atoms with Crippen LogP contribution in [-0.4, -0.2) is 84.9 Å². The smallest absolute Gasteiger partial charge is 0.372 e. The van der Waals surface area contributed by atoms with E-state index >= 15 is 0 Å². The number of hydrogen-bond donors (Lipinski definition) is 4. The van der Waals surface area contributed by atoms with E-state index in [1.165, 1.54) is 0 Å². The highest BCUT2D eigenvalue weighted by atomic mass is 35.5. The number of nitrogens with zero attached hydrogens (tertiary/aromatic N) is 5. The van der Waals surface area contributed by atoms with Crippen LogP contribution in [0.4, 0.5) is 6.01 Å². The Kier molecular flexibility index (Phi) is 10.5. The standard InChI is InChI=1S/C16H20ClN5O5.C8H11ClN2O2/c1-3-8-12(17)21-13(18-8)14(23)19-9-4-5-22(6-11(9)26-2)16-20-10(7-27-16)15(24)25;1-3-5-6(9)10-7(8(12)13)11(5)4-2/h7,9,11H,3-6H2,1-2H3,(H,18,21)(H,19,23)(H,24,25);3-4H2,1-2H3,(H,12,13). The molecule has 0 aromatic carbocycles. The van der Waals surface area contributed by atoms with Crippen LogP contribution in [0.15, 0.2) is 10.7 Å². The summed E-state index contributed by atoms with van der Waals surface area (Å²) in [6.07, 6.45) is 2.65. The number of aromatic nitrogens is 5. The molecule has 14 nitrogen and oxygen atoms in total. The van der Waals surface area contributed by atoms with Crippen LogP contribution in [0.25, 0.3) is 0 Å². The zero-order chi connectivity index (χ0) is 29.6. The second-order valence-corrected chi connectivity index (χ2v) is 9.41. The van der Waals surface area contributed by atoms with Gasteiger partial charge in [0, 0.05) is 20.2 Å². The van der Waals surface area contributed by atoms with Crippen molar-refractivity contribution in [2.45, 2.75) is 58.7 Å². The van der Waals surface area contributed by atoms with Crippen molar-refractivity contribution in [3.05, 3.63) is 45.3 Å². The quantitative estimate of drug-likeness (QED) is 0.282. The molecule has 0 saturated carbocycles. The molecule has 0 bridgehead atoms. The highest BCUT2D eigenvalue weighted by Gasteiger charge is 2.33. The number of anilines is 1. The van der Waals surface area contributed by atoms with Crippen molar-refractivity contribution in [2.24, 2.45) is 0 Å². The third kappa shape index (κ3) is 6.92. The van der Waals surface area contributed by atoms with E-state index in [0.717, 1.165) is 12.0 Å². The number of nitrogens with one attached hydrogen (secondary N) is 2. The summed E-state index contributed by atoms with van der Waals surface area (Å²) in [5, 5.41) is 21.2. The van der Waals surface area contributed by atoms with Crippen molar-refractivity contribution < 1.29 is 33.8 Å². The van der Waals surface area contributed by atoms with Crippen LogP contribution < -0.4 is 10.2 Å². The number of carbonyl (C=O) groups is 3. The van der Waals surface area contributed by atoms with Gasteiger partial charge in [-0.3, -0.25) is 4.79 Å². The number of piperidine rings is 1. The summed E-state index contributed by atoms with van der Waals surface area (Å²) in [6.45, 7) is 7.18. The van der Waals surface area contributed by atoms with Gasteiger partial charge in [-0.15, -0.1) is 0 Å². The molecule has 3 aromatic rings. The average molecular weight is 600 g/mol. The molecule has 1 fully saturated rings. The van der Waals surface area contributed by atoms with Crippen molar-refractivity contribution in [3.63, 3.8) is 0 Å². The number of imidazole rings is 2. The van der Waals surface area contributed by atoms with Gasteiger partial charge in [-0.2, -0.15) is 4.98 Å². The van der Waals surface area contributed by atoms with Crippen LogP contribution >= 0.6 is 23.2 Å². The summed E-state index contributed by atoms with van der Waals surface area (Å²) >= 11 is 11.8. The Hall–Kier alpha value is -3.62. The number of aromatic amines is 1. The predicted molar refractivity (Wildman–Crippen MR) is 145 cm³/mol. The fourth-order valence-electron chi connectivity index (χ4n) is 4.27. The monoisotopic (exact) mass is 599 g/mol. The number of hydrogen-bond acceptors (Lipinski definition) is 9. The lowest BCUT2D eigenvalue weighted by atomic mass is 10.0. The first-order chi connectivity index (χ1) is 19.0. The van der Waals surface area contributed by atoms with E-state index in [-0.39, 0.29) is 41.4 Å². The maximum absolute atomic E-state index is 12.5. The Morgan fingerprint density at radius 2 is 1.85 bits per heavy atom. The molecule has 2 atom stereocenters. The minimum absolute atomic E-state index is 0.0179. The number of aromatic carboxylic acids is 2. The number of carbonyl (C=O) groups excluding carboxylic acids is 1. The van der Waals surface area contributed by atoms with Gasteiger partial charge in [-0.05, 0) is 26.2 Å². The SMILES string of the molecule is CCc1[nH]c(C(=O)NC2CCN(c3nc(C(=O)O)co3)CC2OC)nc1Cl.CCc1c(Cl)nc(C(=O)O)n1CC. The van der Waals surface area contributed by atoms with Crippen molar-refractivity contribution in [3.8, 4) is 0 Å². The number of carboxylic acid groups (broad SMARTS) is 2. The summed E-state index contributed by atoms with van der Waals surface area (Å²) in [4.78, 5) is 50.6. The van der Waals surface area contributed by atoms with Gasteiger partial charge in [0.05, 0.1) is 30.1 Å². The van der Waals surface area contributed by atoms with Gasteiger partial charge in [0.1, 0.15) is 6.26 Å². The number of oxazole rings is 1. The van der Waals surface area contributed by atoms with E-state index in [4.69, 9.17) is 42.6 Å². The summed E-state index contributed by atoms with van der Waals surface area (Å²) in [5.41, 5.74) is 1.33. The average Bonchev–Trinajstić information content (AvgIpc) is 3.65. The number of methoxy groups -OCH3 is 1. The summed E-state index contributed by atoms with van der Waals surface area (Å²) < 4.78 is 12.3.